The zero-order chi connectivity index (χ0) is 11.0. The highest BCUT2D eigenvalue weighted by Gasteiger charge is 2.15. The van der Waals surface area contributed by atoms with Gasteiger partial charge in [0.15, 0.2) is 0 Å². The van der Waals surface area contributed by atoms with E-state index in [0.29, 0.717) is 0 Å². The quantitative estimate of drug-likeness (QED) is 0.674. The fourth-order valence-electron chi connectivity index (χ4n) is 1.67. The van der Waals surface area contributed by atoms with Crippen LogP contribution in [0.3, 0.4) is 0 Å². The van der Waals surface area contributed by atoms with E-state index in [4.69, 9.17) is 5.11 Å². The summed E-state index contributed by atoms with van der Waals surface area (Å²) in [7, 11) is 0. The lowest BCUT2D eigenvalue weighted by Gasteiger charge is -2.19. The number of anilines is 2. The average molecular weight is 230 g/mol. The fraction of sp³-hybridized carbons (Fsp3) is 0.0833. The van der Waals surface area contributed by atoms with Crippen LogP contribution in [-0.4, -0.2) is 10.1 Å². The fourth-order valence-corrected chi connectivity index (χ4v) is 2.69. The van der Waals surface area contributed by atoms with Crippen LogP contribution in [0.1, 0.15) is 5.56 Å². The zero-order valence-electron chi connectivity index (χ0n) is 8.47. The number of aliphatic hydroxyl groups is 1. The van der Waals surface area contributed by atoms with Crippen LogP contribution in [0.15, 0.2) is 46.3 Å². The van der Waals surface area contributed by atoms with Crippen LogP contribution in [0, 0.1) is 0 Å². The van der Waals surface area contributed by atoms with Crippen LogP contribution in [0.2, 0.25) is 0 Å². The molecule has 2 aromatic rings. The lowest BCUT2D eigenvalue weighted by atomic mass is 10.2. The summed E-state index contributed by atoms with van der Waals surface area (Å²) in [5, 5.41) is 12.4. The van der Waals surface area contributed by atoms with E-state index in [1.807, 2.05) is 30.3 Å². The molecule has 0 bridgehead atoms. The third-order valence-corrected chi connectivity index (χ3v) is 3.58. The Hall–Kier alpha value is -1.52. The molecule has 0 spiro atoms. The van der Waals surface area contributed by atoms with Crippen LogP contribution in [0.25, 0.3) is 0 Å². The minimum absolute atomic E-state index is 0.0771. The second-order valence-electron chi connectivity index (χ2n) is 3.57. The SMILES string of the molecule is OCc1ccc2c(c1)Sc1cccnc1N2. The van der Waals surface area contributed by atoms with Crippen molar-refractivity contribution in [1.82, 2.24) is 4.98 Å². The Morgan fingerprint density at radius 2 is 2.19 bits per heavy atom. The van der Waals surface area contributed by atoms with E-state index < -0.39 is 0 Å². The van der Waals surface area contributed by atoms with Crippen molar-refractivity contribution in [1.29, 1.82) is 0 Å². The molecule has 16 heavy (non-hydrogen) atoms. The minimum Gasteiger partial charge on any atom is -0.392 e. The number of nitrogens with zero attached hydrogens (tertiary/aromatic N) is 1. The van der Waals surface area contributed by atoms with Gasteiger partial charge in [-0.3, -0.25) is 0 Å². The van der Waals surface area contributed by atoms with Crippen molar-refractivity contribution in [3.05, 3.63) is 42.1 Å². The minimum atomic E-state index is 0.0771. The number of pyridine rings is 1. The van der Waals surface area contributed by atoms with Gasteiger partial charge in [-0.05, 0) is 29.8 Å². The van der Waals surface area contributed by atoms with E-state index >= 15 is 0 Å². The maximum atomic E-state index is 9.09. The molecule has 1 aliphatic rings. The molecule has 1 aromatic carbocycles. The zero-order valence-corrected chi connectivity index (χ0v) is 9.29. The Kier molecular flexibility index (Phi) is 2.31. The third-order valence-electron chi connectivity index (χ3n) is 2.47. The molecule has 2 heterocycles. The summed E-state index contributed by atoms with van der Waals surface area (Å²) in [6.45, 7) is 0.0771. The number of hydrogen-bond acceptors (Lipinski definition) is 4. The van der Waals surface area contributed by atoms with Gasteiger partial charge in [-0.15, -0.1) is 0 Å². The van der Waals surface area contributed by atoms with E-state index in [-0.39, 0.29) is 6.61 Å². The van der Waals surface area contributed by atoms with Crippen LogP contribution in [0.4, 0.5) is 11.5 Å². The summed E-state index contributed by atoms with van der Waals surface area (Å²) < 4.78 is 0. The van der Waals surface area contributed by atoms with E-state index in [1.54, 1.807) is 18.0 Å². The summed E-state index contributed by atoms with van der Waals surface area (Å²) in [6, 6.07) is 9.86. The monoisotopic (exact) mass is 230 g/mol. The van der Waals surface area contributed by atoms with Crippen molar-refractivity contribution in [2.45, 2.75) is 16.4 Å². The number of fused-ring (bicyclic) bond motifs is 2. The Morgan fingerprint density at radius 3 is 3.06 bits per heavy atom. The average Bonchev–Trinajstić information content (AvgIpc) is 2.35. The van der Waals surface area contributed by atoms with E-state index in [1.165, 1.54) is 0 Å². The highest BCUT2D eigenvalue weighted by Crippen LogP contribution is 2.43. The number of aromatic nitrogens is 1. The van der Waals surface area contributed by atoms with Crippen LogP contribution < -0.4 is 5.32 Å². The first-order valence-corrected chi connectivity index (χ1v) is 5.82. The second kappa shape index (κ2) is 3.81. The van der Waals surface area contributed by atoms with Gasteiger partial charge in [0.1, 0.15) is 5.82 Å². The third kappa shape index (κ3) is 1.56. The summed E-state index contributed by atoms with van der Waals surface area (Å²) in [6.07, 6.45) is 1.78. The van der Waals surface area contributed by atoms with Gasteiger partial charge in [0.05, 0.1) is 17.2 Å². The highest BCUT2D eigenvalue weighted by molar-refractivity contribution is 7.99. The Bertz CT molecular complexity index is 542. The molecule has 3 nitrogen and oxygen atoms in total. The molecule has 0 amide bonds. The van der Waals surface area contributed by atoms with Crippen LogP contribution in [0.5, 0.6) is 0 Å². The van der Waals surface area contributed by atoms with Crippen molar-refractivity contribution in [3.63, 3.8) is 0 Å². The predicted molar refractivity (Wildman–Crippen MR) is 64.0 cm³/mol. The molecule has 0 radical (unpaired) electrons. The van der Waals surface area contributed by atoms with Gasteiger partial charge in [0, 0.05) is 11.1 Å². The van der Waals surface area contributed by atoms with E-state index in [9.17, 15) is 0 Å². The maximum absolute atomic E-state index is 9.09. The molecule has 0 unspecified atom stereocenters. The van der Waals surface area contributed by atoms with Gasteiger partial charge in [-0.2, -0.15) is 0 Å². The second-order valence-corrected chi connectivity index (χ2v) is 4.65. The summed E-state index contributed by atoms with van der Waals surface area (Å²) in [4.78, 5) is 6.53. The summed E-state index contributed by atoms with van der Waals surface area (Å²) in [5.41, 5.74) is 1.98. The van der Waals surface area contributed by atoms with Crippen molar-refractivity contribution in [2.75, 3.05) is 5.32 Å². The van der Waals surface area contributed by atoms with Crippen molar-refractivity contribution in [2.24, 2.45) is 0 Å². The topological polar surface area (TPSA) is 45.2 Å². The molecular formula is C12H10N2OS. The molecule has 1 aromatic heterocycles. The summed E-state index contributed by atoms with van der Waals surface area (Å²) in [5.74, 6) is 0.900. The van der Waals surface area contributed by atoms with Crippen LogP contribution in [-0.2, 0) is 6.61 Å². The Balaban J connectivity index is 2.05. The molecule has 0 fully saturated rings. The van der Waals surface area contributed by atoms with Crippen molar-refractivity contribution >= 4 is 23.3 Å². The van der Waals surface area contributed by atoms with E-state index in [2.05, 4.69) is 10.3 Å². The first kappa shape index (κ1) is 9.69. The smallest absolute Gasteiger partial charge is 0.144 e. The first-order chi connectivity index (χ1) is 7.86. The normalized spacial score (nSPS) is 12.6. The number of aliphatic hydroxyl groups excluding tert-OH is 1. The van der Waals surface area contributed by atoms with Crippen LogP contribution >= 0.6 is 11.8 Å². The van der Waals surface area contributed by atoms with Crippen molar-refractivity contribution < 1.29 is 5.11 Å². The highest BCUT2D eigenvalue weighted by atomic mass is 32.2. The number of benzene rings is 1. The molecule has 3 rings (SSSR count). The molecule has 0 atom stereocenters. The molecule has 1 aliphatic heterocycles. The van der Waals surface area contributed by atoms with Gasteiger partial charge in [-0.25, -0.2) is 4.98 Å². The predicted octanol–water partition coefficient (Wildman–Crippen LogP) is 2.78. The lowest BCUT2D eigenvalue weighted by Crippen LogP contribution is -2.02. The molecule has 0 aliphatic carbocycles. The number of hydrogen-bond donors (Lipinski definition) is 2. The van der Waals surface area contributed by atoms with Gasteiger partial charge >= 0.3 is 0 Å². The number of nitrogens with one attached hydrogen (secondary N) is 1. The standard InChI is InChI=1S/C12H10N2OS/c15-7-8-3-4-9-11(6-8)16-10-2-1-5-13-12(10)14-9/h1-6,15H,7H2,(H,13,14). The molecular weight excluding hydrogens is 220 g/mol. The Labute approximate surface area is 97.5 Å². The van der Waals surface area contributed by atoms with Gasteiger partial charge in [-0.1, -0.05) is 17.8 Å². The first-order valence-electron chi connectivity index (χ1n) is 5.00. The van der Waals surface area contributed by atoms with Gasteiger partial charge in [0.2, 0.25) is 0 Å². The molecule has 4 heteroatoms. The van der Waals surface area contributed by atoms with Crippen molar-refractivity contribution in [3.8, 4) is 0 Å². The lowest BCUT2D eigenvalue weighted by molar-refractivity contribution is 0.281. The molecule has 0 saturated carbocycles. The summed E-state index contributed by atoms with van der Waals surface area (Å²) >= 11 is 1.68. The Morgan fingerprint density at radius 1 is 1.25 bits per heavy atom. The maximum Gasteiger partial charge on any atom is 0.144 e. The van der Waals surface area contributed by atoms with Gasteiger partial charge in [0.25, 0.3) is 0 Å². The molecule has 2 N–H and O–H groups in total. The molecule has 80 valence electrons. The van der Waals surface area contributed by atoms with E-state index in [0.717, 1.165) is 26.9 Å². The van der Waals surface area contributed by atoms with Gasteiger partial charge < -0.3 is 10.4 Å². The largest absolute Gasteiger partial charge is 0.392 e. The molecule has 0 saturated heterocycles. The number of rotatable bonds is 1.